The molecule has 2 rings (SSSR count). The Morgan fingerprint density at radius 3 is 2.67 bits per heavy atom. The molecule has 0 atom stereocenters. The van der Waals surface area contributed by atoms with E-state index in [-0.39, 0.29) is 10.6 Å². The number of aromatic nitrogens is 1. The fourth-order valence-corrected chi connectivity index (χ4v) is 2.59. The Kier molecular flexibility index (Phi) is 2.02. The molecular formula is C10H8N2O2S. The SMILES string of the molecule is [C-]#[N+]c1ccc2cc[nH]c2c1S(C)(=O)=O. The van der Waals surface area contributed by atoms with E-state index in [1.165, 1.54) is 6.07 Å². The number of hydrogen-bond donors (Lipinski definition) is 1. The molecule has 1 aromatic carbocycles. The smallest absolute Gasteiger partial charge is 0.207 e. The molecule has 0 spiro atoms. The lowest BCUT2D eigenvalue weighted by Gasteiger charge is -2.03. The molecule has 1 aromatic heterocycles. The third kappa shape index (κ3) is 1.49. The van der Waals surface area contributed by atoms with Crippen LogP contribution in [0.5, 0.6) is 0 Å². The highest BCUT2D eigenvalue weighted by Crippen LogP contribution is 2.31. The van der Waals surface area contributed by atoms with Crippen LogP contribution in [0.2, 0.25) is 0 Å². The van der Waals surface area contributed by atoms with Crippen molar-refractivity contribution in [3.63, 3.8) is 0 Å². The molecule has 0 radical (unpaired) electrons. The highest BCUT2D eigenvalue weighted by Gasteiger charge is 2.17. The molecule has 0 fully saturated rings. The molecule has 1 N–H and O–H groups in total. The Bertz CT molecular complexity index is 662. The number of nitrogens with zero attached hydrogens (tertiary/aromatic N) is 1. The van der Waals surface area contributed by atoms with Crippen molar-refractivity contribution in [3.05, 3.63) is 35.8 Å². The van der Waals surface area contributed by atoms with Crippen LogP contribution in [0.3, 0.4) is 0 Å². The van der Waals surface area contributed by atoms with Crippen molar-refractivity contribution in [2.75, 3.05) is 6.26 Å². The Morgan fingerprint density at radius 2 is 2.07 bits per heavy atom. The number of aromatic amines is 1. The largest absolute Gasteiger partial charge is 0.361 e. The van der Waals surface area contributed by atoms with Gasteiger partial charge in [-0.15, -0.1) is 0 Å². The van der Waals surface area contributed by atoms with Gasteiger partial charge in [-0.3, -0.25) is 0 Å². The third-order valence-electron chi connectivity index (χ3n) is 2.15. The van der Waals surface area contributed by atoms with Crippen LogP contribution < -0.4 is 0 Å². The first kappa shape index (κ1) is 9.74. The summed E-state index contributed by atoms with van der Waals surface area (Å²) in [5.74, 6) is 0. The predicted molar refractivity (Wildman–Crippen MR) is 57.7 cm³/mol. The maximum atomic E-state index is 11.6. The molecular weight excluding hydrogens is 212 g/mol. The van der Waals surface area contributed by atoms with Crippen molar-refractivity contribution < 1.29 is 8.42 Å². The Hall–Kier alpha value is -1.80. The summed E-state index contributed by atoms with van der Waals surface area (Å²) in [7, 11) is -3.39. The van der Waals surface area contributed by atoms with Crippen LogP contribution in [-0.4, -0.2) is 19.7 Å². The van der Waals surface area contributed by atoms with E-state index in [1.807, 2.05) is 0 Å². The summed E-state index contributed by atoms with van der Waals surface area (Å²) in [6.45, 7) is 6.94. The Labute approximate surface area is 87.3 Å². The van der Waals surface area contributed by atoms with Crippen LogP contribution in [0.4, 0.5) is 5.69 Å². The number of H-pyrrole nitrogens is 1. The van der Waals surface area contributed by atoms with Gasteiger partial charge in [-0.25, -0.2) is 13.3 Å². The maximum Gasteiger partial charge on any atom is 0.207 e. The molecule has 0 unspecified atom stereocenters. The lowest BCUT2D eigenvalue weighted by Crippen LogP contribution is -1.98. The number of rotatable bonds is 1. The van der Waals surface area contributed by atoms with Crippen LogP contribution >= 0.6 is 0 Å². The van der Waals surface area contributed by atoms with Crippen LogP contribution in [0, 0.1) is 6.57 Å². The molecule has 0 saturated carbocycles. The summed E-state index contributed by atoms with van der Waals surface area (Å²) in [5, 5.41) is 0.794. The van der Waals surface area contributed by atoms with E-state index in [4.69, 9.17) is 6.57 Å². The second-order valence-electron chi connectivity index (χ2n) is 3.24. The van der Waals surface area contributed by atoms with Crippen molar-refractivity contribution in [2.24, 2.45) is 0 Å². The van der Waals surface area contributed by atoms with Crippen molar-refractivity contribution in [1.82, 2.24) is 4.98 Å². The minimum absolute atomic E-state index is 0.0833. The highest BCUT2D eigenvalue weighted by atomic mass is 32.2. The zero-order valence-corrected chi connectivity index (χ0v) is 8.80. The van der Waals surface area contributed by atoms with Gasteiger partial charge < -0.3 is 4.98 Å². The van der Waals surface area contributed by atoms with E-state index in [1.54, 1.807) is 18.3 Å². The molecule has 0 aliphatic carbocycles. The summed E-state index contributed by atoms with van der Waals surface area (Å²) in [5.41, 5.74) is 0.665. The van der Waals surface area contributed by atoms with Gasteiger partial charge in [-0.1, -0.05) is 12.1 Å². The molecule has 1 heterocycles. The molecule has 0 aliphatic heterocycles. The second-order valence-corrected chi connectivity index (χ2v) is 5.19. The van der Waals surface area contributed by atoms with Crippen molar-refractivity contribution >= 4 is 26.4 Å². The average Bonchev–Trinajstić information content (AvgIpc) is 2.61. The quantitative estimate of drug-likeness (QED) is 0.748. The predicted octanol–water partition coefficient (Wildman–Crippen LogP) is 2.12. The molecule has 4 nitrogen and oxygen atoms in total. The molecule has 0 bridgehead atoms. The molecule has 0 aliphatic rings. The average molecular weight is 220 g/mol. The summed E-state index contributed by atoms with van der Waals surface area (Å²) in [4.78, 5) is 6.15. The van der Waals surface area contributed by atoms with Gasteiger partial charge in [0.15, 0.2) is 9.84 Å². The van der Waals surface area contributed by atoms with Gasteiger partial charge in [0.25, 0.3) is 0 Å². The zero-order chi connectivity index (χ0) is 11.1. The number of sulfone groups is 1. The Morgan fingerprint density at radius 1 is 1.33 bits per heavy atom. The normalized spacial score (nSPS) is 11.5. The van der Waals surface area contributed by atoms with Crippen molar-refractivity contribution in [3.8, 4) is 0 Å². The zero-order valence-electron chi connectivity index (χ0n) is 7.98. The molecule has 2 aromatic rings. The van der Waals surface area contributed by atoms with Gasteiger partial charge in [0.05, 0.1) is 17.0 Å². The minimum Gasteiger partial charge on any atom is -0.361 e. The van der Waals surface area contributed by atoms with Gasteiger partial charge in [0.2, 0.25) is 5.69 Å². The summed E-state index contributed by atoms with van der Waals surface area (Å²) in [6.07, 6.45) is 2.77. The molecule has 76 valence electrons. The molecule has 0 saturated heterocycles. The van der Waals surface area contributed by atoms with Gasteiger partial charge in [0.1, 0.15) is 0 Å². The monoisotopic (exact) mass is 220 g/mol. The molecule has 5 heteroatoms. The van der Waals surface area contributed by atoms with Crippen LogP contribution in [0.15, 0.2) is 29.3 Å². The standard InChI is InChI=1S/C10H8N2O2S/c1-11-8-4-3-7-5-6-12-9(7)10(8)15(2,13)14/h3-6,12H,2H3. The lowest BCUT2D eigenvalue weighted by atomic mass is 10.2. The first-order valence-electron chi connectivity index (χ1n) is 4.21. The first-order chi connectivity index (χ1) is 7.04. The molecule has 15 heavy (non-hydrogen) atoms. The van der Waals surface area contributed by atoms with Gasteiger partial charge >= 0.3 is 0 Å². The third-order valence-corrected chi connectivity index (χ3v) is 3.31. The van der Waals surface area contributed by atoms with E-state index >= 15 is 0 Å². The van der Waals surface area contributed by atoms with Crippen LogP contribution in [0.25, 0.3) is 15.7 Å². The van der Waals surface area contributed by atoms with Gasteiger partial charge in [-0.05, 0) is 11.5 Å². The number of hydrogen-bond acceptors (Lipinski definition) is 2. The van der Waals surface area contributed by atoms with E-state index in [9.17, 15) is 8.42 Å². The molecule has 0 amide bonds. The van der Waals surface area contributed by atoms with E-state index < -0.39 is 9.84 Å². The van der Waals surface area contributed by atoms with E-state index in [0.717, 1.165) is 11.6 Å². The van der Waals surface area contributed by atoms with Crippen molar-refractivity contribution in [1.29, 1.82) is 0 Å². The van der Waals surface area contributed by atoms with Crippen molar-refractivity contribution in [2.45, 2.75) is 4.90 Å². The van der Waals surface area contributed by atoms with Crippen LogP contribution in [-0.2, 0) is 9.84 Å². The lowest BCUT2D eigenvalue weighted by molar-refractivity contribution is 0.603. The maximum absolute atomic E-state index is 11.6. The highest BCUT2D eigenvalue weighted by molar-refractivity contribution is 7.91. The first-order valence-corrected chi connectivity index (χ1v) is 6.11. The van der Waals surface area contributed by atoms with E-state index in [0.29, 0.717) is 5.52 Å². The number of benzene rings is 1. The van der Waals surface area contributed by atoms with E-state index in [2.05, 4.69) is 9.83 Å². The van der Waals surface area contributed by atoms with Gasteiger partial charge in [-0.2, -0.15) is 0 Å². The topological polar surface area (TPSA) is 54.3 Å². The second kappa shape index (κ2) is 3.11. The Balaban J connectivity index is 3.01. The summed E-state index contributed by atoms with van der Waals surface area (Å²) in [6, 6.07) is 5.03. The summed E-state index contributed by atoms with van der Waals surface area (Å²) >= 11 is 0. The minimum atomic E-state index is -3.39. The summed E-state index contributed by atoms with van der Waals surface area (Å²) < 4.78 is 23.1. The van der Waals surface area contributed by atoms with Crippen LogP contribution in [0.1, 0.15) is 0 Å². The van der Waals surface area contributed by atoms with Gasteiger partial charge in [0, 0.05) is 12.5 Å². The fraction of sp³-hybridized carbons (Fsp3) is 0.100. The fourth-order valence-electron chi connectivity index (χ4n) is 1.55. The number of fused-ring (bicyclic) bond motifs is 1. The number of nitrogens with one attached hydrogen (secondary N) is 1.